The number of para-hydroxylation sites is 1. The number of nitrogens with one attached hydrogen (secondary N) is 1. The van der Waals surface area contributed by atoms with E-state index in [0.29, 0.717) is 37.4 Å². The van der Waals surface area contributed by atoms with Gasteiger partial charge in [0, 0.05) is 0 Å². The molecule has 0 aliphatic carbocycles. The number of carbonyl (C=O) groups excluding carboxylic acids is 1. The van der Waals surface area contributed by atoms with E-state index < -0.39 is 0 Å². The average Bonchev–Trinajstić information content (AvgIpc) is 2.62. The van der Waals surface area contributed by atoms with Crippen LogP contribution in [0.5, 0.6) is 0 Å². The lowest BCUT2D eigenvalue weighted by Crippen LogP contribution is -2.48. The Hall–Kier alpha value is -2.63. The second-order valence-corrected chi connectivity index (χ2v) is 5.35. The van der Waals surface area contributed by atoms with Crippen LogP contribution < -0.4 is 14.8 Å². The summed E-state index contributed by atoms with van der Waals surface area (Å²) in [4.78, 5) is 19.1. The molecule has 2 heterocycles. The highest BCUT2D eigenvalue weighted by molar-refractivity contribution is 5.93. The van der Waals surface area contributed by atoms with Crippen LogP contribution in [0.1, 0.15) is 10.4 Å². The molecular formula is C17H19FN3O2+. The van der Waals surface area contributed by atoms with E-state index in [-0.39, 0.29) is 11.8 Å². The van der Waals surface area contributed by atoms with E-state index in [1.54, 1.807) is 30.5 Å². The highest BCUT2D eigenvalue weighted by Crippen LogP contribution is 2.22. The first-order valence-electron chi connectivity index (χ1n) is 7.54. The Bertz CT molecular complexity index is 700. The van der Waals surface area contributed by atoms with Gasteiger partial charge in [-0.1, -0.05) is 12.1 Å². The second kappa shape index (κ2) is 6.64. The van der Waals surface area contributed by atoms with Gasteiger partial charge in [-0.05, 0) is 24.3 Å². The molecule has 0 bridgehead atoms. The van der Waals surface area contributed by atoms with Crippen molar-refractivity contribution in [2.75, 3.05) is 43.1 Å². The van der Waals surface area contributed by atoms with Gasteiger partial charge in [0.15, 0.2) is 0 Å². The molecule has 1 fully saturated rings. The molecule has 1 N–H and O–H groups in total. The van der Waals surface area contributed by atoms with Crippen LogP contribution in [0.2, 0.25) is 0 Å². The van der Waals surface area contributed by atoms with E-state index in [2.05, 4.69) is 9.88 Å². The van der Waals surface area contributed by atoms with Gasteiger partial charge >= 0.3 is 5.97 Å². The maximum atomic E-state index is 13.9. The number of piperazine rings is 1. The molecule has 0 spiro atoms. The van der Waals surface area contributed by atoms with Gasteiger partial charge in [-0.15, -0.1) is 0 Å². The van der Waals surface area contributed by atoms with E-state index in [1.165, 1.54) is 13.2 Å². The van der Waals surface area contributed by atoms with Gasteiger partial charge in [-0.3, -0.25) is 4.90 Å². The number of hydrogen-bond acceptors (Lipinski definition) is 4. The molecule has 0 atom stereocenters. The van der Waals surface area contributed by atoms with Crippen LogP contribution in [0, 0.1) is 5.82 Å². The molecule has 2 aromatic rings. The lowest BCUT2D eigenvalue weighted by atomic mass is 10.2. The summed E-state index contributed by atoms with van der Waals surface area (Å²) >= 11 is 0. The highest BCUT2D eigenvalue weighted by atomic mass is 19.1. The number of pyridine rings is 1. The molecule has 0 amide bonds. The summed E-state index contributed by atoms with van der Waals surface area (Å²) in [6.07, 6.45) is 1.78. The summed E-state index contributed by atoms with van der Waals surface area (Å²) in [5.74, 6) is 0.170. The third kappa shape index (κ3) is 3.11. The first-order valence-corrected chi connectivity index (χ1v) is 7.54. The van der Waals surface area contributed by atoms with Crippen molar-refractivity contribution in [3.05, 3.63) is 54.0 Å². The molecule has 23 heavy (non-hydrogen) atoms. The molecule has 1 aliphatic rings. The third-order valence-electron chi connectivity index (χ3n) is 4.03. The minimum absolute atomic E-state index is 0.206. The van der Waals surface area contributed by atoms with Gasteiger partial charge < -0.3 is 9.64 Å². The molecular weight excluding hydrogens is 297 g/mol. The molecule has 6 heteroatoms. The molecule has 0 unspecified atom stereocenters. The Balaban J connectivity index is 1.75. The smallest absolute Gasteiger partial charge is 0.346 e. The largest absolute Gasteiger partial charge is 0.465 e. The number of anilines is 2. The quantitative estimate of drug-likeness (QED) is 0.810. The molecule has 0 radical (unpaired) electrons. The van der Waals surface area contributed by atoms with E-state index in [4.69, 9.17) is 4.74 Å². The second-order valence-electron chi connectivity index (χ2n) is 5.35. The molecule has 1 saturated heterocycles. The minimum atomic E-state index is -0.367. The summed E-state index contributed by atoms with van der Waals surface area (Å²) in [6, 6.07) is 10.3. The molecule has 1 aliphatic heterocycles. The van der Waals surface area contributed by atoms with Crippen molar-refractivity contribution in [1.29, 1.82) is 0 Å². The number of aromatic nitrogens is 1. The number of methoxy groups -OCH3 is 1. The van der Waals surface area contributed by atoms with Crippen LogP contribution in [-0.4, -0.2) is 39.3 Å². The van der Waals surface area contributed by atoms with Crippen molar-refractivity contribution in [2.45, 2.75) is 0 Å². The summed E-state index contributed by atoms with van der Waals surface area (Å²) in [5.41, 5.74) is 1.13. The number of aromatic amines is 1. The molecule has 1 aromatic carbocycles. The van der Waals surface area contributed by atoms with Crippen molar-refractivity contribution in [2.24, 2.45) is 0 Å². The normalized spacial score (nSPS) is 14.7. The number of nitrogens with zero attached hydrogens (tertiary/aromatic N) is 2. The number of benzene rings is 1. The molecule has 0 saturated carbocycles. The SMILES string of the molecule is COC(=O)c1ccc[nH+]c1N1CCN(c2ccccc2F)CC1. The first-order chi connectivity index (χ1) is 11.2. The summed E-state index contributed by atoms with van der Waals surface area (Å²) in [5, 5.41) is 0. The zero-order valence-electron chi connectivity index (χ0n) is 13.0. The van der Waals surface area contributed by atoms with Crippen LogP contribution >= 0.6 is 0 Å². The third-order valence-corrected chi connectivity index (χ3v) is 4.03. The zero-order chi connectivity index (χ0) is 16.2. The predicted molar refractivity (Wildman–Crippen MR) is 85.2 cm³/mol. The number of rotatable bonds is 3. The summed E-state index contributed by atoms with van der Waals surface area (Å²) < 4.78 is 18.7. The Morgan fingerprint density at radius 1 is 1.09 bits per heavy atom. The van der Waals surface area contributed by atoms with E-state index in [0.717, 1.165) is 5.82 Å². The monoisotopic (exact) mass is 316 g/mol. The van der Waals surface area contributed by atoms with Crippen molar-refractivity contribution >= 4 is 17.5 Å². The van der Waals surface area contributed by atoms with Gasteiger partial charge in [0.2, 0.25) is 0 Å². The fourth-order valence-corrected chi connectivity index (χ4v) is 2.84. The van der Waals surface area contributed by atoms with Crippen LogP contribution in [0.3, 0.4) is 0 Å². The van der Waals surface area contributed by atoms with Gasteiger partial charge in [-0.25, -0.2) is 14.2 Å². The Morgan fingerprint density at radius 3 is 2.48 bits per heavy atom. The molecule has 5 nitrogen and oxygen atoms in total. The lowest BCUT2D eigenvalue weighted by molar-refractivity contribution is -0.364. The Labute approximate surface area is 134 Å². The fourth-order valence-electron chi connectivity index (χ4n) is 2.84. The van der Waals surface area contributed by atoms with E-state index in [1.807, 2.05) is 11.0 Å². The fraction of sp³-hybridized carbons (Fsp3) is 0.294. The van der Waals surface area contributed by atoms with Crippen molar-refractivity contribution < 1.29 is 18.9 Å². The van der Waals surface area contributed by atoms with Crippen molar-refractivity contribution in [3.8, 4) is 0 Å². The van der Waals surface area contributed by atoms with Crippen molar-refractivity contribution in [3.63, 3.8) is 0 Å². The summed E-state index contributed by atoms with van der Waals surface area (Å²) in [6.45, 7) is 2.76. The topological polar surface area (TPSA) is 46.9 Å². The number of carbonyl (C=O) groups is 1. The first kappa shape index (κ1) is 15.3. The Morgan fingerprint density at radius 2 is 1.78 bits per heavy atom. The zero-order valence-corrected chi connectivity index (χ0v) is 13.0. The lowest BCUT2D eigenvalue weighted by Gasteiger charge is -2.33. The maximum absolute atomic E-state index is 13.9. The van der Waals surface area contributed by atoms with Crippen LogP contribution in [-0.2, 0) is 4.74 Å². The van der Waals surface area contributed by atoms with E-state index >= 15 is 0 Å². The molecule has 1 aromatic heterocycles. The average molecular weight is 316 g/mol. The highest BCUT2D eigenvalue weighted by Gasteiger charge is 2.29. The predicted octanol–water partition coefficient (Wildman–Crippen LogP) is 1.75. The number of ether oxygens (including phenoxy) is 1. The van der Waals surface area contributed by atoms with Crippen LogP contribution in [0.25, 0.3) is 0 Å². The van der Waals surface area contributed by atoms with Gasteiger partial charge in [0.25, 0.3) is 5.82 Å². The number of H-pyrrole nitrogens is 1. The molecule has 3 rings (SSSR count). The van der Waals surface area contributed by atoms with E-state index in [9.17, 15) is 9.18 Å². The maximum Gasteiger partial charge on any atom is 0.346 e. The van der Waals surface area contributed by atoms with Crippen LogP contribution in [0.15, 0.2) is 42.6 Å². The van der Waals surface area contributed by atoms with Crippen molar-refractivity contribution in [1.82, 2.24) is 0 Å². The minimum Gasteiger partial charge on any atom is -0.465 e. The van der Waals surface area contributed by atoms with Crippen LogP contribution in [0.4, 0.5) is 15.9 Å². The summed E-state index contributed by atoms with van der Waals surface area (Å²) in [7, 11) is 1.37. The Kier molecular flexibility index (Phi) is 4.41. The number of hydrogen-bond donors (Lipinski definition) is 0. The standard InChI is InChI=1S/C17H18FN3O2/c1-23-17(22)13-5-4-8-19-16(13)21-11-9-20(10-12-21)15-7-3-2-6-14(15)18/h2-8H,9-12H2,1H3/p+1. The molecule has 120 valence electrons. The van der Waals surface area contributed by atoms with Gasteiger partial charge in [0.1, 0.15) is 24.5 Å². The number of esters is 1. The van der Waals surface area contributed by atoms with Gasteiger partial charge in [0.05, 0.1) is 32.1 Å². The van der Waals surface area contributed by atoms with Gasteiger partial charge in [-0.2, -0.15) is 0 Å². The number of halogens is 1.